The van der Waals surface area contributed by atoms with Crippen molar-refractivity contribution in [1.82, 2.24) is 9.80 Å². The highest BCUT2D eigenvalue weighted by Crippen LogP contribution is 2.25. The molecule has 1 saturated heterocycles. The van der Waals surface area contributed by atoms with Crippen LogP contribution in [-0.2, 0) is 4.79 Å². The number of anilines is 1. The predicted molar refractivity (Wildman–Crippen MR) is 78.6 cm³/mol. The highest BCUT2D eigenvalue weighted by atomic mass is 35.5. The second-order valence-electron chi connectivity index (χ2n) is 5.12. The Morgan fingerprint density at radius 3 is 2.70 bits per heavy atom. The Hall–Kier alpha value is -1.75. The zero-order chi connectivity index (χ0) is 14.9. The second-order valence-corrected chi connectivity index (χ2v) is 5.56. The molecule has 1 heterocycles. The van der Waals surface area contributed by atoms with Gasteiger partial charge in [0.05, 0.1) is 5.56 Å². The van der Waals surface area contributed by atoms with Gasteiger partial charge in [-0.25, -0.2) is 0 Å². The summed E-state index contributed by atoms with van der Waals surface area (Å²) in [7, 11) is 3.39. The first-order valence-electron chi connectivity index (χ1n) is 6.49. The van der Waals surface area contributed by atoms with Crippen LogP contribution in [0.1, 0.15) is 23.2 Å². The number of hydrogen-bond donors (Lipinski definition) is 1. The van der Waals surface area contributed by atoms with Crippen molar-refractivity contribution >= 4 is 29.1 Å². The van der Waals surface area contributed by atoms with Gasteiger partial charge in [-0.3, -0.25) is 9.59 Å². The molecule has 6 heteroatoms. The maximum absolute atomic E-state index is 12.5. The molecular formula is C14H18ClN3O2. The standard InChI is InChI=1S/C14H18ClN3O2/c1-17(2)14(20)12-4-3-7-18(12)13(19)10-6-5-9(15)8-11(10)16/h5-6,8,12H,3-4,7,16H2,1-2H3. The molecule has 1 fully saturated rings. The molecule has 5 nitrogen and oxygen atoms in total. The summed E-state index contributed by atoms with van der Waals surface area (Å²) >= 11 is 5.84. The fourth-order valence-corrected chi connectivity index (χ4v) is 2.63. The van der Waals surface area contributed by atoms with Crippen LogP contribution >= 0.6 is 11.6 Å². The van der Waals surface area contributed by atoms with E-state index in [1.54, 1.807) is 37.2 Å². The zero-order valence-corrected chi connectivity index (χ0v) is 12.4. The minimum Gasteiger partial charge on any atom is -0.398 e. The van der Waals surface area contributed by atoms with E-state index in [1.807, 2.05) is 0 Å². The monoisotopic (exact) mass is 295 g/mol. The van der Waals surface area contributed by atoms with Crippen LogP contribution in [-0.4, -0.2) is 48.3 Å². The lowest BCUT2D eigenvalue weighted by molar-refractivity contribution is -0.132. The lowest BCUT2D eigenvalue weighted by Crippen LogP contribution is -2.45. The van der Waals surface area contributed by atoms with Gasteiger partial charge < -0.3 is 15.5 Å². The van der Waals surface area contributed by atoms with Crippen molar-refractivity contribution in [3.05, 3.63) is 28.8 Å². The average molecular weight is 296 g/mol. The molecular weight excluding hydrogens is 278 g/mol. The van der Waals surface area contributed by atoms with Crippen LogP contribution in [0.5, 0.6) is 0 Å². The van der Waals surface area contributed by atoms with Gasteiger partial charge in [0.25, 0.3) is 5.91 Å². The molecule has 0 aromatic heterocycles. The first kappa shape index (κ1) is 14.7. The van der Waals surface area contributed by atoms with Gasteiger partial charge in [0.15, 0.2) is 0 Å². The molecule has 0 radical (unpaired) electrons. The number of benzene rings is 1. The number of amides is 2. The van der Waals surface area contributed by atoms with Crippen LogP contribution in [0.3, 0.4) is 0 Å². The zero-order valence-electron chi connectivity index (χ0n) is 11.6. The topological polar surface area (TPSA) is 66.6 Å². The molecule has 0 spiro atoms. The van der Waals surface area contributed by atoms with Crippen LogP contribution in [0.25, 0.3) is 0 Å². The lowest BCUT2D eigenvalue weighted by Gasteiger charge is -2.26. The molecule has 0 aliphatic carbocycles. The van der Waals surface area contributed by atoms with Crippen molar-refractivity contribution in [2.75, 3.05) is 26.4 Å². The summed E-state index contributed by atoms with van der Waals surface area (Å²) in [5, 5.41) is 0.487. The van der Waals surface area contributed by atoms with E-state index < -0.39 is 6.04 Å². The Morgan fingerprint density at radius 2 is 2.10 bits per heavy atom. The Morgan fingerprint density at radius 1 is 1.40 bits per heavy atom. The van der Waals surface area contributed by atoms with E-state index in [4.69, 9.17) is 17.3 Å². The van der Waals surface area contributed by atoms with E-state index >= 15 is 0 Å². The summed E-state index contributed by atoms with van der Waals surface area (Å²) in [4.78, 5) is 27.8. The number of nitrogens with two attached hydrogens (primary N) is 1. The fraction of sp³-hybridized carbons (Fsp3) is 0.429. The Bertz CT molecular complexity index is 545. The highest BCUT2D eigenvalue weighted by Gasteiger charge is 2.35. The molecule has 1 aliphatic heterocycles. The molecule has 108 valence electrons. The van der Waals surface area contributed by atoms with Crippen molar-refractivity contribution in [2.45, 2.75) is 18.9 Å². The number of nitrogens with zero attached hydrogens (tertiary/aromatic N) is 2. The first-order valence-corrected chi connectivity index (χ1v) is 6.86. The predicted octanol–water partition coefficient (Wildman–Crippen LogP) is 1.61. The highest BCUT2D eigenvalue weighted by molar-refractivity contribution is 6.31. The van der Waals surface area contributed by atoms with Gasteiger partial charge in [0.1, 0.15) is 6.04 Å². The molecule has 2 N–H and O–H groups in total. The maximum atomic E-state index is 12.5. The van der Waals surface area contributed by atoms with Crippen LogP contribution in [0, 0.1) is 0 Å². The third-order valence-corrected chi connectivity index (χ3v) is 3.72. The number of carbonyl (C=O) groups is 2. The number of rotatable bonds is 2. The molecule has 2 amide bonds. The summed E-state index contributed by atoms with van der Waals surface area (Å²) in [6.07, 6.45) is 1.51. The molecule has 1 aromatic rings. The summed E-state index contributed by atoms with van der Waals surface area (Å²) < 4.78 is 0. The van der Waals surface area contributed by atoms with E-state index in [0.29, 0.717) is 29.2 Å². The number of likely N-dealkylation sites (N-methyl/N-ethyl adjacent to an activating group) is 1. The van der Waals surface area contributed by atoms with Gasteiger partial charge >= 0.3 is 0 Å². The average Bonchev–Trinajstić information content (AvgIpc) is 2.86. The van der Waals surface area contributed by atoms with Crippen molar-refractivity contribution in [1.29, 1.82) is 0 Å². The third kappa shape index (κ3) is 2.72. The molecule has 1 aromatic carbocycles. The number of hydrogen-bond acceptors (Lipinski definition) is 3. The fourth-order valence-electron chi connectivity index (χ4n) is 2.45. The Balaban J connectivity index is 2.25. The lowest BCUT2D eigenvalue weighted by atomic mass is 10.1. The van der Waals surface area contributed by atoms with Crippen LogP contribution < -0.4 is 5.73 Å². The minimum atomic E-state index is -0.396. The van der Waals surface area contributed by atoms with Crippen molar-refractivity contribution in [2.24, 2.45) is 0 Å². The second kappa shape index (κ2) is 5.71. The Labute approximate surface area is 123 Å². The van der Waals surface area contributed by atoms with Gasteiger partial charge in [-0.05, 0) is 31.0 Å². The molecule has 1 atom stereocenters. The van der Waals surface area contributed by atoms with Crippen LogP contribution in [0.2, 0.25) is 5.02 Å². The first-order chi connectivity index (χ1) is 9.41. The van der Waals surface area contributed by atoms with Crippen molar-refractivity contribution in [3.63, 3.8) is 0 Å². The van der Waals surface area contributed by atoms with Gasteiger partial charge in [-0.1, -0.05) is 11.6 Å². The van der Waals surface area contributed by atoms with Gasteiger partial charge in [-0.2, -0.15) is 0 Å². The van der Waals surface area contributed by atoms with E-state index in [2.05, 4.69) is 0 Å². The smallest absolute Gasteiger partial charge is 0.256 e. The molecule has 2 rings (SSSR count). The van der Waals surface area contributed by atoms with E-state index in [-0.39, 0.29) is 11.8 Å². The van der Waals surface area contributed by atoms with E-state index in [1.165, 1.54) is 4.90 Å². The minimum absolute atomic E-state index is 0.0524. The largest absolute Gasteiger partial charge is 0.398 e. The van der Waals surface area contributed by atoms with E-state index in [0.717, 1.165) is 6.42 Å². The summed E-state index contributed by atoms with van der Waals surface area (Å²) in [5.41, 5.74) is 6.58. The van der Waals surface area contributed by atoms with Crippen molar-refractivity contribution < 1.29 is 9.59 Å². The number of nitrogen functional groups attached to an aromatic ring is 1. The molecule has 0 bridgehead atoms. The van der Waals surface area contributed by atoms with Gasteiger partial charge in [-0.15, -0.1) is 0 Å². The molecule has 0 saturated carbocycles. The van der Waals surface area contributed by atoms with Crippen LogP contribution in [0.4, 0.5) is 5.69 Å². The third-order valence-electron chi connectivity index (χ3n) is 3.48. The van der Waals surface area contributed by atoms with Gasteiger partial charge in [0, 0.05) is 31.4 Å². The van der Waals surface area contributed by atoms with E-state index in [9.17, 15) is 9.59 Å². The quantitative estimate of drug-likeness (QED) is 0.843. The molecule has 20 heavy (non-hydrogen) atoms. The maximum Gasteiger partial charge on any atom is 0.256 e. The summed E-state index contributed by atoms with van der Waals surface area (Å²) in [6.45, 7) is 0.575. The van der Waals surface area contributed by atoms with Crippen molar-refractivity contribution in [3.8, 4) is 0 Å². The number of carbonyl (C=O) groups excluding carboxylic acids is 2. The number of likely N-dealkylation sites (tertiary alicyclic amines) is 1. The van der Waals surface area contributed by atoms with Crippen LogP contribution in [0.15, 0.2) is 18.2 Å². The number of halogens is 1. The normalized spacial score (nSPS) is 18.1. The molecule has 1 unspecified atom stereocenters. The molecule has 1 aliphatic rings. The summed E-state index contributed by atoms with van der Waals surface area (Å²) in [5.74, 6) is -0.264. The SMILES string of the molecule is CN(C)C(=O)C1CCCN1C(=O)c1ccc(Cl)cc1N. The summed E-state index contributed by atoms with van der Waals surface area (Å²) in [6, 6.07) is 4.39. The Kier molecular flexibility index (Phi) is 4.18. The van der Waals surface area contributed by atoms with Gasteiger partial charge in [0.2, 0.25) is 5.91 Å².